The van der Waals surface area contributed by atoms with E-state index in [-0.39, 0.29) is 17.5 Å². The molecule has 1 aromatic carbocycles. The number of nitrogens with zero attached hydrogens (tertiary/aromatic N) is 2. The summed E-state index contributed by atoms with van der Waals surface area (Å²) in [6.07, 6.45) is 1.49. The molecule has 3 rings (SSSR count). The summed E-state index contributed by atoms with van der Waals surface area (Å²) in [6, 6.07) is 11.0. The highest BCUT2D eigenvalue weighted by atomic mass is 16.5. The lowest BCUT2D eigenvalue weighted by atomic mass is 10.1. The van der Waals surface area contributed by atoms with E-state index in [9.17, 15) is 9.59 Å². The molecule has 0 unspecified atom stereocenters. The summed E-state index contributed by atoms with van der Waals surface area (Å²) in [7, 11) is 0. The average molecular weight is 382 g/mol. The Kier molecular flexibility index (Phi) is 7.11. The first kappa shape index (κ1) is 20.0. The van der Waals surface area contributed by atoms with Gasteiger partial charge in [-0.3, -0.25) is 19.5 Å². The predicted molar refractivity (Wildman–Crippen MR) is 106 cm³/mol. The van der Waals surface area contributed by atoms with Crippen molar-refractivity contribution < 1.29 is 14.3 Å². The lowest BCUT2D eigenvalue weighted by molar-refractivity contribution is 0.0383. The van der Waals surface area contributed by atoms with E-state index in [1.54, 1.807) is 6.07 Å². The number of aryl methyl sites for hydroxylation is 1. The van der Waals surface area contributed by atoms with E-state index in [0.29, 0.717) is 18.7 Å². The van der Waals surface area contributed by atoms with Gasteiger partial charge in [0, 0.05) is 44.5 Å². The Morgan fingerprint density at radius 2 is 1.89 bits per heavy atom. The second kappa shape index (κ2) is 9.96. The number of carbonyl (C=O) groups is 2. The van der Waals surface area contributed by atoms with Crippen LogP contribution in [0.4, 0.5) is 0 Å². The van der Waals surface area contributed by atoms with E-state index < -0.39 is 0 Å². The molecule has 1 saturated heterocycles. The molecule has 2 amide bonds. The molecule has 2 N–H and O–H groups in total. The minimum absolute atomic E-state index is 0.229. The molecule has 28 heavy (non-hydrogen) atoms. The van der Waals surface area contributed by atoms with E-state index >= 15 is 0 Å². The summed E-state index contributed by atoms with van der Waals surface area (Å²) in [5.41, 5.74) is 2.84. The van der Waals surface area contributed by atoms with Crippen molar-refractivity contribution in [1.82, 2.24) is 20.5 Å². The molecule has 0 bridgehead atoms. The number of ether oxygens (including phenoxy) is 1. The molecule has 0 saturated carbocycles. The molecule has 148 valence electrons. The van der Waals surface area contributed by atoms with E-state index in [0.717, 1.165) is 44.0 Å². The number of nitrogens with one attached hydrogen (secondary N) is 2. The first-order valence-corrected chi connectivity index (χ1v) is 9.50. The second-order valence-corrected chi connectivity index (χ2v) is 6.75. The van der Waals surface area contributed by atoms with Crippen LogP contribution >= 0.6 is 0 Å². The van der Waals surface area contributed by atoms with Crippen molar-refractivity contribution in [3.05, 3.63) is 65.0 Å². The standard InChI is InChI=1S/C21H26N4O3/c1-16-4-2-3-5-18(16)15-24-20(26)17-6-7-22-19(14-17)21(27)23-8-9-25-10-12-28-13-11-25/h2-7,14H,8-13,15H2,1H3,(H,23,27)(H,24,26). The minimum Gasteiger partial charge on any atom is -0.379 e. The van der Waals surface area contributed by atoms with Crippen LogP contribution in [0.2, 0.25) is 0 Å². The van der Waals surface area contributed by atoms with Gasteiger partial charge in [0.05, 0.1) is 13.2 Å². The predicted octanol–water partition coefficient (Wildman–Crippen LogP) is 1.38. The van der Waals surface area contributed by atoms with Crippen molar-refractivity contribution in [2.75, 3.05) is 39.4 Å². The largest absolute Gasteiger partial charge is 0.379 e. The molecule has 2 aromatic rings. The van der Waals surface area contributed by atoms with Gasteiger partial charge >= 0.3 is 0 Å². The molecule has 0 radical (unpaired) electrons. The quantitative estimate of drug-likeness (QED) is 0.756. The smallest absolute Gasteiger partial charge is 0.269 e. The molecule has 0 atom stereocenters. The molecule has 7 heteroatoms. The number of aromatic nitrogens is 1. The van der Waals surface area contributed by atoms with Crippen LogP contribution in [-0.4, -0.2) is 61.1 Å². The van der Waals surface area contributed by atoms with Crippen molar-refractivity contribution in [3.8, 4) is 0 Å². The maximum absolute atomic E-state index is 12.4. The Bertz CT molecular complexity index is 819. The van der Waals surface area contributed by atoms with Crippen molar-refractivity contribution in [2.24, 2.45) is 0 Å². The lowest BCUT2D eigenvalue weighted by Crippen LogP contribution is -2.41. The van der Waals surface area contributed by atoms with E-state index in [1.165, 1.54) is 12.3 Å². The fourth-order valence-electron chi connectivity index (χ4n) is 3.02. The number of hydrogen-bond donors (Lipinski definition) is 2. The molecule has 2 heterocycles. The summed E-state index contributed by atoms with van der Waals surface area (Å²) < 4.78 is 5.31. The highest BCUT2D eigenvalue weighted by molar-refractivity contribution is 5.98. The van der Waals surface area contributed by atoms with Gasteiger partial charge in [-0.25, -0.2) is 0 Å². The van der Waals surface area contributed by atoms with Crippen molar-refractivity contribution in [2.45, 2.75) is 13.5 Å². The normalized spacial score (nSPS) is 14.5. The van der Waals surface area contributed by atoms with Gasteiger partial charge in [0.15, 0.2) is 0 Å². The third kappa shape index (κ3) is 5.61. The maximum atomic E-state index is 12.4. The summed E-state index contributed by atoms with van der Waals surface area (Å²) in [5, 5.41) is 5.75. The molecule has 1 fully saturated rings. The van der Waals surface area contributed by atoms with Gasteiger partial charge in [-0.05, 0) is 30.2 Å². The molecule has 1 aromatic heterocycles. The van der Waals surface area contributed by atoms with Gasteiger partial charge in [-0.2, -0.15) is 0 Å². The highest BCUT2D eigenvalue weighted by Crippen LogP contribution is 2.08. The van der Waals surface area contributed by atoms with Gasteiger partial charge in [-0.15, -0.1) is 0 Å². The van der Waals surface area contributed by atoms with Crippen LogP contribution in [0.25, 0.3) is 0 Å². The number of benzene rings is 1. The maximum Gasteiger partial charge on any atom is 0.269 e. The molecule has 1 aliphatic rings. The number of pyridine rings is 1. The van der Waals surface area contributed by atoms with Gasteiger partial charge < -0.3 is 15.4 Å². The first-order chi connectivity index (χ1) is 13.6. The number of rotatable bonds is 7. The first-order valence-electron chi connectivity index (χ1n) is 9.50. The summed E-state index contributed by atoms with van der Waals surface area (Å²) in [6.45, 7) is 6.97. The second-order valence-electron chi connectivity index (χ2n) is 6.75. The molecular weight excluding hydrogens is 356 g/mol. The number of hydrogen-bond acceptors (Lipinski definition) is 5. The van der Waals surface area contributed by atoms with Crippen LogP contribution in [-0.2, 0) is 11.3 Å². The Labute approximate surface area is 165 Å². The monoisotopic (exact) mass is 382 g/mol. The molecule has 7 nitrogen and oxygen atoms in total. The Balaban J connectivity index is 1.51. The van der Waals surface area contributed by atoms with E-state index in [1.807, 2.05) is 31.2 Å². The molecular formula is C21H26N4O3. The van der Waals surface area contributed by atoms with Gasteiger partial charge in [0.25, 0.3) is 11.8 Å². The molecule has 1 aliphatic heterocycles. The minimum atomic E-state index is -0.276. The highest BCUT2D eigenvalue weighted by Gasteiger charge is 2.13. The van der Waals surface area contributed by atoms with Crippen LogP contribution in [0.1, 0.15) is 32.0 Å². The average Bonchev–Trinajstić information content (AvgIpc) is 2.74. The summed E-state index contributed by atoms with van der Waals surface area (Å²) in [4.78, 5) is 31.1. The van der Waals surface area contributed by atoms with Gasteiger partial charge in [0.1, 0.15) is 5.69 Å². The van der Waals surface area contributed by atoms with Crippen LogP contribution in [0.15, 0.2) is 42.6 Å². The lowest BCUT2D eigenvalue weighted by Gasteiger charge is -2.26. The number of morpholine rings is 1. The van der Waals surface area contributed by atoms with Crippen LogP contribution in [0.5, 0.6) is 0 Å². The SMILES string of the molecule is Cc1ccccc1CNC(=O)c1ccnc(C(=O)NCCN2CCOCC2)c1. The zero-order valence-corrected chi connectivity index (χ0v) is 16.1. The summed E-state index contributed by atoms with van der Waals surface area (Å²) in [5.74, 6) is -0.505. The molecule has 0 aliphatic carbocycles. The summed E-state index contributed by atoms with van der Waals surface area (Å²) >= 11 is 0. The van der Waals surface area contributed by atoms with Crippen LogP contribution < -0.4 is 10.6 Å². The third-order valence-corrected chi connectivity index (χ3v) is 4.77. The zero-order chi connectivity index (χ0) is 19.8. The van der Waals surface area contributed by atoms with Crippen molar-refractivity contribution >= 4 is 11.8 Å². The van der Waals surface area contributed by atoms with Crippen LogP contribution in [0.3, 0.4) is 0 Å². The van der Waals surface area contributed by atoms with Crippen molar-refractivity contribution in [3.63, 3.8) is 0 Å². The van der Waals surface area contributed by atoms with E-state index in [2.05, 4.69) is 20.5 Å². The Morgan fingerprint density at radius 3 is 2.68 bits per heavy atom. The third-order valence-electron chi connectivity index (χ3n) is 4.77. The Hall–Kier alpha value is -2.77. The number of carbonyl (C=O) groups excluding carboxylic acids is 2. The van der Waals surface area contributed by atoms with E-state index in [4.69, 9.17) is 4.74 Å². The van der Waals surface area contributed by atoms with Gasteiger partial charge in [0.2, 0.25) is 0 Å². The fraction of sp³-hybridized carbons (Fsp3) is 0.381. The van der Waals surface area contributed by atoms with Crippen LogP contribution in [0, 0.1) is 6.92 Å². The Morgan fingerprint density at radius 1 is 1.11 bits per heavy atom. The fourth-order valence-corrected chi connectivity index (χ4v) is 3.02. The molecule has 0 spiro atoms. The van der Waals surface area contributed by atoms with Crippen molar-refractivity contribution in [1.29, 1.82) is 0 Å². The zero-order valence-electron chi connectivity index (χ0n) is 16.1. The topological polar surface area (TPSA) is 83.6 Å². The number of amides is 2. The van der Waals surface area contributed by atoms with Gasteiger partial charge in [-0.1, -0.05) is 24.3 Å².